The molecule has 218 valence electrons. The third-order valence-electron chi connectivity index (χ3n) is 7.75. The maximum Gasteiger partial charge on any atom is 0.323 e. The fraction of sp³-hybridized carbons (Fsp3) is 0.294. The number of hydrogen-bond donors (Lipinski definition) is 3. The molecule has 3 amide bonds. The topological polar surface area (TPSA) is 94.1 Å². The highest BCUT2D eigenvalue weighted by Crippen LogP contribution is 2.31. The number of fused-ring (bicyclic) bond motifs is 2. The maximum atomic E-state index is 13.8. The van der Waals surface area contributed by atoms with Gasteiger partial charge in [-0.2, -0.15) is 0 Å². The molecule has 1 heterocycles. The Bertz CT molecular complexity index is 1540. The molecule has 0 bridgehead atoms. The molecule has 3 N–H and O–H groups in total. The number of likely N-dealkylation sites (N-methyl/N-ethyl adjacent to an activating group) is 1. The highest BCUT2D eigenvalue weighted by molar-refractivity contribution is 6.07. The van der Waals surface area contributed by atoms with Crippen LogP contribution < -0.4 is 15.4 Å². The van der Waals surface area contributed by atoms with Crippen molar-refractivity contribution in [2.45, 2.75) is 32.5 Å². The molecule has 1 aliphatic heterocycles. The van der Waals surface area contributed by atoms with Gasteiger partial charge in [-0.3, -0.25) is 9.69 Å². The van der Waals surface area contributed by atoms with Gasteiger partial charge < -0.3 is 25.4 Å². The van der Waals surface area contributed by atoms with Gasteiger partial charge in [0.1, 0.15) is 11.9 Å². The van der Waals surface area contributed by atoms with Crippen LogP contribution in [0.15, 0.2) is 91.0 Å². The van der Waals surface area contributed by atoms with Crippen LogP contribution in [0.4, 0.5) is 16.2 Å². The predicted octanol–water partition coefficient (Wildman–Crippen LogP) is 5.84. The van der Waals surface area contributed by atoms with Crippen LogP contribution in [0.25, 0.3) is 10.8 Å². The number of carbonyl (C=O) groups is 2. The molecule has 0 unspecified atom stereocenters. The highest BCUT2D eigenvalue weighted by atomic mass is 16.5. The Morgan fingerprint density at radius 3 is 2.55 bits per heavy atom. The molecule has 0 aromatic heterocycles. The number of aliphatic hydroxyl groups excluding tert-OH is 1. The summed E-state index contributed by atoms with van der Waals surface area (Å²) in [6.07, 6.45) is -0.201. The number of carbonyl (C=O) groups excluding carboxylic acids is 2. The van der Waals surface area contributed by atoms with Crippen LogP contribution in [0.5, 0.6) is 5.75 Å². The van der Waals surface area contributed by atoms with E-state index in [0.29, 0.717) is 35.8 Å². The minimum absolute atomic E-state index is 0.0126. The number of urea groups is 1. The molecule has 0 aliphatic carbocycles. The summed E-state index contributed by atoms with van der Waals surface area (Å²) < 4.78 is 6.51. The second-order valence-corrected chi connectivity index (χ2v) is 11.1. The number of benzene rings is 4. The van der Waals surface area contributed by atoms with E-state index < -0.39 is 6.03 Å². The summed E-state index contributed by atoms with van der Waals surface area (Å²) in [6.45, 7) is 5.61. The molecule has 42 heavy (non-hydrogen) atoms. The number of ether oxygens (including phenoxy) is 1. The summed E-state index contributed by atoms with van der Waals surface area (Å²) in [5, 5.41) is 17.7. The van der Waals surface area contributed by atoms with E-state index in [9.17, 15) is 14.7 Å². The average molecular weight is 567 g/mol. The van der Waals surface area contributed by atoms with Gasteiger partial charge in [-0.1, -0.05) is 73.7 Å². The van der Waals surface area contributed by atoms with Crippen molar-refractivity contribution in [3.63, 3.8) is 0 Å². The summed E-state index contributed by atoms with van der Waals surface area (Å²) in [5.74, 6) is 0.228. The molecule has 5 rings (SSSR count). The molecule has 0 saturated carbocycles. The number of amides is 3. The van der Waals surface area contributed by atoms with Crippen molar-refractivity contribution in [3.05, 3.63) is 102 Å². The first-order valence-corrected chi connectivity index (χ1v) is 14.3. The van der Waals surface area contributed by atoms with Gasteiger partial charge >= 0.3 is 6.03 Å². The van der Waals surface area contributed by atoms with E-state index in [1.54, 1.807) is 23.1 Å². The lowest BCUT2D eigenvalue weighted by Crippen LogP contribution is -2.49. The summed E-state index contributed by atoms with van der Waals surface area (Å²) in [4.78, 5) is 30.7. The summed E-state index contributed by atoms with van der Waals surface area (Å²) in [5.41, 5.74) is 2.71. The third kappa shape index (κ3) is 6.73. The Morgan fingerprint density at radius 2 is 1.76 bits per heavy atom. The van der Waals surface area contributed by atoms with Gasteiger partial charge in [0.15, 0.2) is 0 Å². The predicted molar refractivity (Wildman–Crippen MR) is 167 cm³/mol. The lowest BCUT2D eigenvalue weighted by molar-refractivity contribution is 0.0341. The van der Waals surface area contributed by atoms with Crippen molar-refractivity contribution >= 4 is 34.1 Å². The van der Waals surface area contributed by atoms with E-state index in [0.717, 1.165) is 17.3 Å². The first kappa shape index (κ1) is 29.1. The third-order valence-corrected chi connectivity index (χ3v) is 7.75. The number of rotatable bonds is 8. The molecule has 8 heteroatoms. The van der Waals surface area contributed by atoms with Crippen LogP contribution in [0, 0.1) is 5.92 Å². The highest BCUT2D eigenvalue weighted by Gasteiger charge is 2.33. The minimum Gasteiger partial charge on any atom is -0.488 e. The van der Waals surface area contributed by atoms with Crippen molar-refractivity contribution in [1.82, 2.24) is 9.80 Å². The van der Waals surface area contributed by atoms with Gasteiger partial charge in [-0.25, -0.2) is 4.79 Å². The average Bonchev–Trinajstić information content (AvgIpc) is 2.99. The van der Waals surface area contributed by atoms with Crippen molar-refractivity contribution in [2.24, 2.45) is 5.92 Å². The molecule has 8 nitrogen and oxygen atoms in total. The first-order chi connectivity index (χ1) is 20.3. The molecule has 0 fully saturated rings. The molecular formula is C34H38N4O4. The zero-order chi connectivity index (χ0) is 29.6. The van der Waals surface area contributed by atoms with Crippen LogP contribution in [-0.2, 0) is 6.54 Å². The van der Waals surface area contributed by atoms with Crippen LogP contribution >= 0.6 is 0 Å². The van der Waals surface area contributed by atoms with E-state index >= 15 is 0 Å². The Balaban J connectivity index is 1.37. The number of nitrogens with zero attached hydrogens (tertiary/aromatic N) is 2. The summed E-state index contributed by atoms with van der Waals surface area (Å²) >= 11 is 0. The van der Waals surface area contributed by atoms with Gasteiger partial charge in [-0.05, 0) is 49.2 Å². The molecule has 0 saturated heterocycles. The van der Waals surface area contributed by atoms with E-state index in [2.05, 4.69) is 41.6 Å². The van der Waals surface area contributed by atoms with Crippen molar-refractivity contribution in [2.75, 3.05) is 37.4 Å². The molecule has 4 aromatic rings. The van der Waals surface area contributed by atoms with Crippen LogP contribution in [0.2, 0.25) is 0 Å². The summed E-state index contributed by atoms with van der Waals surface area (Å²) in [7, 11) is 2.06. The lowest BCUT2D eigenvalue weighted by atomic mass is 9.99. The quantitative estimate of drug-likeness (QED) is 0.249. The fourth-order valence-electron chi connectivity index (χ4n) is 5.40. The van der Waals surface area contributed by atoms with Gasteiger partial charge in [0, 0.05) is 36.6 Å². The maximum absolute atomic E-state index is 13.8. The van der Waals surface area contributed by atoms with Crippen LogP contribution in [0.1, 0.15) is 29.8 Å². The second kappa shape index (κ2) is 13.1. The smallest absolute Gasteiger partial charge is 0.323 e. The second-order valence-electron chi connectivity index (χ2n) is 11.1. The molecule has 0 radical (unpaired) electrons. The van der Waals surface area contributed by atoms with E-state index in [-0.39, 0.29) is 30.6 Å². The van der Waals surface area contributed by atoms with Gasteiger partial charge in [0.2, 0.25) is 0 Å². The zero-order valence-corrected chi connectivity index (χ0v) is 24.3. The van der Waals surface area contributed by atoms with Crippen molar-refractivity contribution in [1.29, 1.82) is 0 Å². The van der Waals surface area contributed by atoms with Gasteiger partial charge in [0.25, 0.3) is 5.91 Å². The number of nitrogens with one attached hydrogen (secondary N) is 2. The van der Waals surface area contributed by atoms with Gasteiger partial charge in [-0.15, -0.1) is 0 Å². The van der Waals surface area contributed by atoms with Crippen LogP contribution in [0.3, 0.4) is 0 Å². The fourth-order valence-corrected chi connectivity index (χ4v) is 5.40. The van der Waals surface area contributed by atoms with Crippen LogP contribution in [-0.4, -0.2) is 65.7 Å². The van der Waals surface area contributed by atoms with E-state index in [1.165, 1.54) is 5.56 Å². The summed E-state index contributed by atoms with van der Waals surface area (Å²) in [6, 6.07) is 28.2. The Labute approximate surface area is 246 Å². The number of hydrogen-bond acceptors (Lipinski definition) is 5. The number of anilines is 2. The Hall–Kier alpha value is -4.40. The van der Waals surface area contributed by atoms with E-state index in [4.69, 9.17) is 4.74 Å². The Kier molecular flexibility index (Phi) is 9.05. The standard InChI is InChI=1S/C34H38N4O4/c1-23-19-38(24(2)22-39)33(40)29-18-27(35-34(41)36-30-15-9-13-26-12-7-8-14-28(26)30)16-17-31(29)42-32(23)21-37(3)20-25-10-5-4-6-11-25/h4-18,23-24,32,39H,19-22H2,1-3H3,(H2,35,36,41)/t23-,24+,32-/m1/s1. The SMILES string of the molecule is C[C@@H]1CN([C@@H](C)CO)C(=O)c2cc(NC(=O)Nc3cccc4ccccc34)ccc2O[C@@H]1CN(C)Cc1ccccc1. The zero-order valence-electron chi connectivity index (χ0n) is 24.3. The lowest BCUT2D eigenvalue weighted by Gasteiger charge is -2.38. The largest absolute Gasteiger partial charge is 0.488 e. The molecule has 1 aliphatic rings. The van der Waals surface area contributed by atoms with Crippen molar-refractivity contribution < 1.29 is 19.4 Å². The molecular weight excluding hydrogens is 528 g/mol. The molecule has 3 atom stereocenters. The molecule has 4 aromatic carbocycles. The normalized spacial score (nSPS) is 17.6. The first-order valence-electron chi connectivity index (χ1n) is 14.3. The number of aliphatic hydroxyl groups is 1. The molecule has 0 spiro atoms. The van der Waals surface area contributed by atoms with Gasteiger partial charge in [0.05, 0.1) is 23.9 Å². The van der Waals surface area contributed by atoms with Crippen molar-refractivity contribution in [3.8, 4) is 5.75 Å². The van der Waals surface area contributed by atoms with E-state index in [1.807, 2.05) is 67.6 Å². The monoisotopic (exact) mass is 566 g/mol. The minimum atomic E-state index is -0.417. The Morgan fingerprint density at radius 1 is 1.02 bits per heavy atom.